The number of nitrogens with zero attached hydrogens (tertiary/aromatic N) is 2. The molecule has 0 aliphatic heterocycles. The minimum atomic E-state index is -0.863. The van der Waals surface area contributed by atoms with E-state index in [-0.39, 0.29) is 11.1 Å². The molecule has 0 aliphatic rings. The standard InChI is InChI=1S/C13H20F2N2/c1-4-6-7-8-13(3,5-2)12-10(14)9-11(15)16-17-12/h9H,4-8H2,1-3H3. The zero-order chi connectivity index (χ0) is 12.9. The summed E-state index contributed by atoms with van der Waals surface area (Å²) in [5, 5.41) is 7.03. The zero-order valence-electron chi connectivity index (χ0n) is 10.8. The van der Waals surface area contributed by atoms with Crippen molar-refractivity contribution in [2.45, 2.75) is 58.3 Å². The number of halogens is 2. The van der Waals surface area contributed by atoms with E-state index in [1.165, 1.54) is 0 Å². The van der Waals surface area contributed by atoms with Crippen molar-refractivity contribution in [2.75, 3.05) is 0 Å². The van der Waals surface area contributed by atoms with Crippen LogP contribution in [0.25, 0.3) is 0 Å². The van der Waals surface area contributed by atoms with Gasteiger partial charge in [0.05, 0.1) is 0 Å². The molecule has 2 nitrogen and oxygen atoms in total. The predicted octanol–water partition coefficient (Wildman–Crippen LogP) is 4.00. The molecule has 4 heteroatoms. The molecule has 1 heterocycles. The number of hydrogen-bond acceptors (Lipinski definition) is 2. The molecule has 0 fully saturated rings. The Bertz CT molecular complexity index is 368. The largest absolute Gasteiger partial charge is 0.236 e. The van der Waals surface area contributed by atoms with E-state index in [2.05, 4.69) is 17.1 Å². The SMILES string of the molecule is CCCCCC(C)(CC)c1nnc(F)cc1F. The van der Waals surface area contributed by atoms with E-state index in [0.29, 0.717) is 0 Å². The molecule has 0 aliphatic carbocycles. The minimum absolute atomic E-state index is 0.289. The molecule has 0 saturated carbocycles. The van der Waals surface area contributed by atoms with Gasteiger partial charge in [-0.2, -0.15) is 4.39 Å². The Balaban J connectivity index is 2.90. The lowest BCUT2D eigenvalue weighted by Crippen LogP contribution is -2.25. The van der Waals surface area contributed by atoms with Crippen molar-refractivity contribution in [1.29, 1.82) is 0 Å². The molecule has 1 aromatic rings. The van der Waals surface area contributed by atoms with Crippen LogP contribution in [-0.2, 0) is 5.41 Å². The summed E-state index contributed by atoms with van der Waals surface area (Å²) in [7, 11) is 0. The van der Waals surface area contributed by atoms with Crippen molar-refractivity contribution < 1.29 is 8.78 Å². The van der Waals surface area contributed by atoms with Gasteiger partial charge in [0.15, 0.2) is 5.82 Å². The lowest BCUT2D eigenvalue weighted by atomic mass is 9.79. The molecule has 0 bridgehead atoms. The van der Waals surface area contributed by atoms with Crippen LogP contribution in [0.4, 0.5) is 8.78 Å². The van der Waals surface area contributed by atoms with E-state index in [0.717, 1.165) is 38.2 Å². The Kier molecular flexibility index (Phi) is 4.97. The lowest BCUT2D eigenvalue weighted by molar-refractivity contribution is 0.359. The number of rotatable bonds is 6. The summed E-state index contributed by atoms with van der Waals surface area (Å²) in [6.45, 7) is 6.09. The van der Waals surface area contributed by atoms with E-state index in [9.17, 15) is 8.78 Å². The van der Waals surface area contributed by atoms with E-state index >= 15 is 0 Å². The summed E-state index contributed by atoms with van der Waals surface area (Å²) < 4.78 is 26.4. The molecular weight excluding hydrogens is 222 g/mol. The first kappa shape index (κ1) is 14.0. The van der Waals surface area contributed by atoms with Crippen LogP contribution in [0.5, 0.6) is 0 Å². The average Bonchev–Trinajstić information content (AvgIpc) is 2.29. The van der Waals surface area contributed by atoms with Gasteiger partial charge in [0.25, 0.3) is 0 Å². The Morgan fingerprint density at radius 2 is 1.88 bits per heavy atom. The van der Waals surface area contributed by atoms with Gasteiger partial charge in [-0.1, -0.05) is 40.0 Å². The molecule has 17 heavy (non-hydrogen) atoms. The molecule has 0 spiro atoms. The van der Waals surface area contributed by atoms with Crippen LogP contribution in [0.1, 0.15) is 58.6 Å². The van der Waals surface area contributed by atoms with Gasteiger partial charge in [0.1, 0.15) is 5.69 Å². The van der Waals surface area contributed by atoms with Gasteiger partial charge in [-0.25, -0.2) is 4.39 Å². The fourth-order valence-electron chi connectivity index (χ4n) is 1.98. The second kappa shape index (κ2) is 6.03. The Morgan fingerprint density at radius 3 is 2.41 bits per heavy atom. The molecule has 1 aromatic heterocycles. The van der Waals surface area contributed by atoms with Gasteiger partial charge >= 0.3 is 0 Å². The van der Waals surface area contributed by atoms with Crippen molar-refractivity contribution >= 4 is 0 Å². The van der Waals surface area contributed by atoms with Crippen LogP contribution >= 0.6 is 0 Å². The van der Waals surface area contributed by atoms with Gasteiger partial charge in [0, 0.05) is 11.5 Å². The van der Waals surface area contributed by atoms with Gasteiger partial charge in [-0.05, 0) is 12.8 Å². The maximum Gasteiger partial charge on any atom is 0.236 e. The topological polar surface area (TPSA) is 25.8 Å². The summed E-state index contributed by atoms with van der Waals surface area (Å²) in [5.74, 6) is -1.45. The van der Waals surface area contributed by atoms with Crippen LogP contribution in [0.2, 0.25) is 0 Å². The summed E-state index contributed by atoms with van der Waals surface area (Å²) in [6.07, 6.45) is 4.89. The Labute approximate surface area is 101 Å². The van der Waals surface area contributed by atoms with Gasteiger partial charge in [-0.3, -0.25) is 0 Å². The number of unbranched alkanes of at least 4 members (excludes halogenated alkanes) is 2. The molecule has 1 atom stereocenters. The first-order valence-corrected chi connectivity index (χ1v) is 6.22. The first-order valence-electron chi connectivity index (χ1n) is 6.22. The summed E-state index contributed by atoms with van der Waals surface area (Å²) in [4.78, 5) is 0. The maximum atomic E-state index is 13.7. The first-order chi connectivity index (χ1) is 8.03. The van der Waals surface area contributed by atoms with Gasteiger partial charge < -0.3 is 0 Å². The normalized spacial score (nSPS) is 14.6. The van der Waals surface area contributed by atoms with Crippen LogP contribution in [-0.4, -0.2) is 10.2 Å². The van der Waals surface area contributed by atoms with E-state index in [4.69, 9.17) is 0 Å². The predicted molar refractivity (Wildman–Crippen MR) is 63.7 cm³/mol. The van der Waals surface area contributed by atoms with E-state index in [1.807, 2.05) is 13.8 Å². The summed E-state index contributed by atoms with van der Waals surface area (Å²) in [5.41, 5.74) is -0.0579. The van der Waals surface area contributed by atoms with Crippen LogP contribution in [0.3, 0.4) is 0 Å². The fraction of sp³-hybridized carbons (Fsp3) is 0.692. The van der Waals surface area contributed by atoms with Crippen LogP contribution < -0.4 is 0 Å². The fourth-order valence-corrected chi connectivity index (χ4v) is 1.98. The lowest BCUT2D eigenvalue weighted by Gasteiger charge is -2.27. The molecule has 0 saturated heterocycles. The van der Waals surface area contributed by atoms with Crippen molar-refractivity contribution in [1.82, 2.24) is 10.2 Å². The maximum absolute atomic E-state index is 13.7. The average molecular weight is 242 g/mol. The second-order valence-electron chi connectivity index (χ2n) is 4.73. The van der Waals surface area contributed by atoms with Crippen molar-refractivity contribution in [3.8, 4) is 0 Å². The zero-order valence-corrected chi connectivity index (χ0v) is 10.8. The Hall–Kier alpha value is -1.06. The highest BCUT2D eigenvalue weighted by molar-refractivity contribution is 5.16. The minimum Gasteiger partial charge on any atom is -0.205 e. The van der Waals surface area contributed by atoms with Gasteiger partial charge in [0.2, 0.25) is 5.95 Å². The molecule has 0 amide bonds. The molecule has 96 valence electrons. The third-order valence-electron chi connectivity index (χ3n) is 3.40. The van der Waals surface area contributed by atoms with Crippen molar-refractivity contribution in [2.24, 2.45) is 0 Å². The summed E-state index contributed by atoms with van der Waals surface area (Å²) in [6, 6.07) is 0.816. The number of hydrogen-bond donors (Lipinski definition) is 0. The highest BCUT2D eigenvalue weighted by Gasteiger charge is 2.29. The quantitative estimate of drug-likeness (QED) is 0.704. The third-order valence-corrected chi connectivity index (χ3v) is 3.40. The van der Waals surface area contributed by atoms with Crippen molar-refractivity contribution in [3.05, 3.63) is 23.5 Å². The second-order valence-corrected chi connectivity index (χ2v) is 4.73. The monoisotopic (exact) mass is 242 g/mol. The number of aromatic nitrogens is 2. The molecule has 0 N–H and O–H groups in total. The van der Waals surface area contributed by atoms with E-state index < -0.39 is 11.8 Å². The smallest absolute Gasteiger partial charge is 0.205 e. The Morgan fingerprint density at radius 1 is 1.18 bits per heavy atom. The molecule has 0 radical (unpaired) electrons. The molecule has 1 rings (SSSR count). The van der Waals surface area contributed by atoms with Crippen LogP contribution in [0.15, 0.2) is 6.07 Å². The summed E-state index contributed by atoms with van der Waals surface area (Å²) >= 11 is 0. The van der Waals surface area contributed by atoms with Crippen molar-refractivity contribution in [3.63, 3.8) is 0 Å². The molecule has 1 unspecified atom stereocenters. The van der Waals surface area contributed by atoms with E-state index in [1.54, 1.807) is 0 Å². The highest BCUT2D eigenvalue weighted by atomic mass is 19.1. The highest BCUT2D eigenvalue weighted by Crippen LogP contribution is 2.33. The van der Waals surface area contributed by atoms with Crippen LogP contribution in [0, 0.1) is 11.8 Å². The third kappa shape index (κ3) is 3.45. The van der Waals surface area contributed by atoms with Gasteiger partial charge in [-0.15, -0.1) is 10.2 Å². The molecule has 0 aromatic carbocycles. The molecular formula is C13H20F2N2.